The second-order valence-electron chi connectivity index (χ2n) is 8.24. The summed E-state index contributed by atoms with van der Waals surface area (Å²) in [6, 6.07) is 9.40. The molecule has 3 N–H and O–H groups in total. The van der Waals surface area contributed by atoms with E-state index in [-0.39, 0.29) is 17.9 Å². The zero-order valence-electron chi connectivity index (χ0n) is 16.0. The first-order valence-corrected chi connectivity index (χ1v) is 11.6. The van der Waals surface area contributed by atoms with Gasteiger partial charge in [0.25, 0.3) is 5.91 Å². The Hall–Kier alpha value is -2.02. The van der Waals surface area contributed by atoms with Gasteiger partial charge >= 0.3 is 5.97 Å². The molecule has 0 saturated heterocycles. The molecule has 1 fully saturated rings. The Morgan fingerprint density at radius 3 is 2.73 bits per heavy atom. The van der Waals surface area contributed by atoms with Crippen LogP contribution in [0.4, 0.5) is 0 Å². The molecule has 1 amide bonds. The number of carboxylic acid groups (broad SMARTS) is 1. The van der Waals surface area contributed by atoms with Gasteiger partial charge in [0.2, 0.25) is 0 Å². The smallest absolute Gasteiger partial charge is 0.307 e. The predicted molar refractivity (Wildman–Crippen MR) is 119 cm³/mol. The van der Waals surface area contributed by atoms with Crippen molar-refractivity contribution in [2.24, 2.45) is 11.8 Å². The molecule has 0 radical (unpaired) electrons. The van der Waals surface area contributed by atoms with Crippen molar-refractivity contribution in [1.82, 2.24) is 10.3 Å². The number of aliphatic carboxylic acids is 1. The molecule has 0 aliphatic heterocycles. The molecule has 2 unspecified atom stereocenters. The molecule has 3 aromatic rings. The number of rotatable bonds is 6. The maximum absolute atomic E-state index is 13.0. The summed E-state index contributed by atoms with van der Waals surface area (Å²) < 4.78 is 1.30. The molecule has 1 aromatic carbocycles. The number of hydrogen-bond donors (Lipinski definition) is 3. The van der Waals surface area contributed by atoms with E-state index in [9.17, 15) is 14.7 Å². The quantitative estimate of drug-likeness (QED) is 0.453. The monoisotopic (exact) mass is 462 g/mol. The van der Waals surface area contributed by atoms with Gasteiger partial charge in [-0.15, -0.1) is 11.3 Å². The van der Waals surface area contributed by atoms with E-state index in [1.807, 2.05) is 24.3 Å². The molecular weight excluding hydrogens is 443 g/mol. The molecule has 0 bridgehead atoms. The Morgan fingerprint density at radius 2 is 2.03 bits per heavy atom. The van der Waals surface area contributed by atoms with Crippen molar-refractivity contribution in [2.45, 2.75) is 37.6 Å². The van der Waals surface area contributed by atoms with Crippen LogP contribution < -0.4 is 5.32 Å². The highest BCUT2D eigenvalue weighted by molar-refractivity contribution is 7.23. The summed E-state index contributed by atoms with van der Waals surface area (Å²) in [4.78, 5) is 28.2. The summed E-state index contributed by atoms with van der Waals surface area (Å²) in [6.45, 7) is 0. The van der Waals surface area contributed by atoms with Crippen LogP contribution in [0.3, 0.4) is 0 Å². The predicted octanol–water partition coefficient (Wildman–Crippen LogP) is 5.48. The van der Waals surface area contributed by atoms with E-state index >= 15 is 0 Å². The van der Waals surface area contributed by atoms with Crippen LogP contribution in [0.2, 0.25) is 9.36 Å². The van der Waals surface area contributed by atoms with E-state index in [4.69, 9.17) is 23.2 Å². The molecule has 3 atom stereocenters. The maximum Gasteiger partial charge on any atom is 0.307 e. The Morgan fingerprint density at radius 1 is 1.27 bits per heavy atom. The second kappa shape index (κ2) is 7.59. The number of amides is 1. The maximum atomic E-state index is 13.0. The van der Waals surface area contributed by atoms with E-state index in [2.05, 4.69) is 10.3 Å². The Balaban J connectivity index is 1.43. The van der Waals surface area contributed by atoms with Gasteiger partial charge in [0.05, 0.1) is 21.2 Å². The van der Waals surface area contributed by atoms with Gasteiger partial charge in [-0.05, 0) is 36.0 Å². The Labute approximate surface area is 187 Å². The molecule has 5 nitrogen and oxygen atoms in total. The molecule has 30 heavy (non-hydrogen) atoms. The zero-order valence-corrected chi connectivity index (χ0v) is 18.3. The summed E-state index contributed by atoms with van der Waals surface area (Å²) in [6.07, 6.45) is 3.48. The van der Waals surface area contributed by atoms with Crippen LogP contribution in [0.15, 0.2) is 30.3 Å². The van der Waals surface area contributed by atoms with Crippen LogP contribution in [0, 0.1) is 11.8 Å². The lowest BCUT2D eigenvalue weighted by molar-refractivity contribution is -0.143. The lowest BCUT2D eigenvalue weighted by Crippen LogP contribution is -2.42. The normalized spacial score (nSPS) is 21.5. The topological polar surface area (TPSA) is 82.2 Å². The highest BCUT2D eigenvalue weighted by Crippen LogP contribution is 2.45. The Kier molecular flexibility index (Phi) is 5.04. The van der Waals surface area contributed by atoms with Crippen molar-refractivity contribution in [3.05, 3.63) is 56.5 Å². The van der Waals surface area contributed by atoms with Gasteiger partial charge in [0.15, 0.2) is 0 Å². The number of nitrogens with one attached hydrogen (secondary N) is 2. The van der Waals surface area contributed by atoms with Crippen LogP contribution in [0.1, 0.15) is 46.8 Å². The number of aromatic nitrogens is 1. The number of benzene rings is 1. The molecule has 8 heteroatoms. The minimum Gasteiger partial charge on any atom is -0.481 e. The minimum atomic E-state index is -0.787. The number of fused-ring (bicyclic) bond motifs is 2. The SMILES string of the molecule is O=C(NC1Cc2ccccc2[C@H]1C(CC1CC1)C(=O)O)c1cc2sc(Cl)c(Cl)c2[nH]1. The van der Waals surface area contributed by atoms with Gasteiger partial charge < -0.3 is 15.4 Å². The van der Waals surface area contributed by atoms with Gasteiger partial charge in [-0.1, -0.05) is 60.3 Å². The summed E-state index contributed by atoms with van der Waals surface area (Å²) >= 11 is 13.6. The molecule has 2 heterocycles. The Bertz CT molecular complexity index is 1150. The first-order valence-electron chi connectivity index (χ1n) is 10.0. The number of carbonyl (C=O) groups excluding carboxylic acids is 1. The van der Waals surface area contributed by atoms with Crippen molar-refractivity contribution in [1.29, 1.82) is 0 Å². The number of hydrogen-bond acceptors (Lipinski definition) is 3. The molecule has 2 aliphatic carbocycles. The molecule has 5 rings (SSSR count). The van der Waals surface area contributed by atoms with E-state index in [0.29, 0.717) is 39.3 Å². The molecule has 2 aromatic heterocycles. The highest BCUT2D eigenvalue weighted by Gasteiger charge is 2.44. The average Bonchev–Trinajstić information content (AvgIpc) is 3.24. The number of carboxylic acids is 1. The van der Waals surface area contributed by atoms with Crippen molar-refractivity contribution in [2.75, 3.05) is 0 Å². The summed E-state index contributed by atoms with van der Waals surface area (Å²) in [7, 11) is 0. The number of thiophene rings is 1. The van der Waals surface area contributed by atoms with E-state index in [1.54, 1.807) is 6.07 Å². The third kappa shape index (κ3) is 3.51. The van der Waals surface area contributed by atoms with Crippen LogP contribution in [0.5, 0.6) is 0 Å². The third-order valence-corrected chi connectivity index (χ3v) is 8.19. The highest BCUT2D eigenvalue weighted by atomic mass is 35.5. The number of H-pyrrole nitrogens is 1. The number of aromatic amines is 1. The third-order valence-electron chi connectivity index (χ3n) is 6.26. The van der Waals surface area contributed by atoms with Crippen LogP contribution in [-0.4, -0.2) is 28.0 Å². The number of carbonyl (C=O) groups is 2. The lowest BCUT2D eigenvalue weighted by Gasteiger charge is -2.27. The fourth-order valence-corrected chi connectivity index (χ4v) is 6.15. The zero-order chi connectivity index (χ0) is 21.0. The standard InChI is InChI=1S/C22H20Cl2N2O3S/c23-18-19-16(30-20(18)24)9-15(25-19)21(27)26-14-8-11-3-1-2-4-12(11)17(14)13(22(28)29)7-10-5-6-10/h1-4,9-10,13-14,17,25H,5-8H2,(H,26,27)(H,28,29)/t13?,14?,17-/m0/s1. The van der Waals surface area contributed by atoms with Gasteiger partial charge in [0, 0.05) is 12.0 Å². The molecule has 0 spiro atoms. The molecule has 1 saturated carbocycles. The average molecular weight is 463 g/mol. The van der Waals surface area contributed by atoms with Gasteiger partial charge in [0.1, 0.15) is 10.0 Å². The first kappa shape index (κ1) is 19.9. The fourth-order valence-electron chi connectivity index (χ4n) is 4.66. The van der Waals surface area contributed by atoms with Crippen LogP contribution in [0.25, 0.3) is 10.2 Å². The van der Waals surface area contributed by atoms with Crippen molar-refractivity contribution >= 4 is 56.6 Å². The lowest BCUT2D eigenvalue weighted by atomic mass is 9.81. The van der Waals surface area contributed by atoms with Crippen LogP contribution in [-0.2, 0) is 11.2 Å². The van der Waals surface area contributed by atoms with E-state index in [0.717, 1.165) is 28.7 Å². The van der Waals surface area contributed by atoms with Gasteiger partial charge in [-0.25, -0.2) is 0 Å². The van der Waals surface area contributed by atoms with E-state index in [1.165, 1.54) is 11.3 Å². The van der Waals surface area contributed by atoms with Gasteiger partial charge in [-0.2, -0.15) is 0 Å². The van der Waals surface area contributed by atoms with Crippen molar-refractivity contribution < 1.29 is 14.7 Å². The van der Waals surface area contributed by atoms with E-state index < -0.39 is 11.9 Å². The second-order valence-corrected chi connectivity index (χ2v) is 10.3. The van der Waals surface area contributed by atoms with Crippen molar-refractivity contribution in [3.8, 4) is 0 Å². The molecular formula is C22H20Cl2N2O3S. The van der Waals surface area contributed by atoms with Crippen LogP contribution >= 0.6 is 34.5 Å². The van der Waals surface area contributed by atoms with Gasteiger partial charge in [-0.3, -0.25) is 9.59 Å². The largest absolute Gasteiger partial charge is 0.481 e. The summed E-state index contributed by atoms with van der Waals surface area (Å²) in [5.74, 6) is -1.31. The summed E-state index contributed by atoms with van der Waals surface area (Å²) in [5.41, 5.74) is 3.20. The first-order chi connectivity index (χ1) is 14.4. The summed E-state index contributed by atoms with van der Waals surface area (Å²) in [5, 5.41) is 13.5. The number of halogens is 2. The van der Waals surface area contributed by atoms with Crippen molar-refractivity contribution in [3.63, 3.8) is 0 Å². The molecule has 156 valence electrons. The minimum absolute atomic E-state index is 0.239. The molecule has 2 aliphatic rings. The fraction of sp³-hybridized carbons (Fsp3) is 0.364.